The van der Waals surface area contributed by atoms with Gasteiger partial charge in [0.2, 0.25) is 20.0 Å². The van der Waals surface area contributed by atoms with Crippen LogP contribution in [0.25, 0.3) is 0 Å². The number of carbonyl (C=O) groups is 3. The van der Waals surface area contributed by atoms with E-state index in [2.05, 4.69) is 14.8 Å². The maximum Gasteiger partial charge on any atom is 0.253 e. The number of carbonyl (C=O) groups excluding carboxylic acids is 3. The van der Waals surface area contributed by atoms with Gasteiger partial charge in [-0.3, -0.25) is 23.8 Å². The zero-order valence-electron chi connectivity index (χ0n) is 28.3. The lowest BCUT2D eigenvalue weighted by Crippen LogP contribution is -3.00. The lowest BCUT2D eigenvalue weighted by Gasteiger charge is -2.44. The van der Waals surface area contributed by atoms with E-state index in [0.29, 0.717) is 71.9 Å². The number of hydrogen-bond acceptors (Lipinski definition) is 9. The number of nitrogens with two attached hydrogens (primary N) is 1. The van der Waals surface area contributed by atoms with Gasteiger partial charge in [0.25, 0.3) is 5.91 Å². The molecule has 7 rings (SSSR count). The molecule has 274 valence electrons. The molecule has 13 nitrogen and oxygen atoms in total. The van der Waals surface area contributed by atoms with E-state index in [1.165, 1.54) is 6.07 Å². The predicted octanol–water partition coefficient (Wildman–Crippen LogP) is -0.178. The van der Waals surface area contributed by atoms with Crippen molar-refractivity contribution in [2.75, 3.05) is 48.1 Å². The summed E-state index contributed by atoms with van der Waals surface area (Å²) in [6, 6.07) is 18.7. The van der Waals surface area contributed by atoms with Crippen molar-refractivity contribution in [3.05, 3.63) is 83.4 Å². The van der Waals surface area contributed by atoms with Crippen LogP contribution in [0.15, 0.2) is 66.7 Å². The molecular weight excluding hydrogens is 720 g/mol. The number of nitrogens with one attached hydrogen (secondary N) is 2. The number of piperidine rings is 2. The number of rotatable bonds is 5. The number of ketones is 2. The van der Waals surface area contributed by atoms with Crippen molar-refractivity contribution in [2.24, 2.45) is 0 Å². The van der Waals surface area contributed by atoms with Gasteiger partial charge in [-0.2, -0.15) is 0 Å². The van der Waals surface area contributed by atoms with Crippen molar-refractivity contribution in [1.29, 1.82) is 0 Å². The number of fused-ring (bicyclic) bond motifs is 2. The van der Waals surface area contributed by atoms with E-state index >= 15 is 0 Å². The fourth-order valence-electron chi connectivity index (χ4n) is 6.98. The van der Waals surface area contributed by atoms with E-state index in [1.54, 1.807) is 47.4 Å². The van der Waals surface area contributed by atoms with Gasteiger partial charge in [0.15, 0.2) is 11.6 Å². The minimum Gasteiger partial charge on any atom is -1.00 e. The van der Waals surface area contributed by atoms with Crippen LogP contribution in [0.1, 0.15) is 69.6 Å². The summed E-state index contributed by atoms with van der Waals surface area (Å²) in [4.78, 5) is 39.6. The van der Waals surface area contributed by atoms with Gasteiger partial charge in [-0.25, -0.2) is 16.8 Å². The Bertz CT molecular complexity index is 2030. The van der Waals surface area contributed by atoms with E-state index in [1.807, 2.05) is 18.2 Å². The molecule has 0 atom stereocenters. The number of halogens is 1. The highest BCUT2D eigenvalue weighted by Gasteiger charge is 2.44. The Morgan fingerprint density at radius 1 is 0.706 bits per heavy atom. The largest absolute Gasteiger partial charge is 1.00 e. The Balaban J connectivity index is 0.000000204. The highest BCUT2D eigenvalue weighted by molar-refractivity contribution is 7.92. The molecule has 3 aromatic carbocycles. The summed E-state index contributed by atoms with van der Waals surface area (Å²) >= 11 is 0. The standard InChI is InChI=1S/C21H22N2O5S.C14H18N2O4S.ClH/c1-29(26,27)22-16-7-8-19-17(13-16)18(24)14-21(28-19)9-11-23(12-10-21)20(25)15-5-3-2-4-6-15;1-21(18,19)16-10-2-3-13-11(8-10)12(17)9-14(20-13)4-6-15-7-5-14;/h2-8,13,22H,9-12,14H2,1H3;2-3,8,15-16H,4-7,9H2,1H3;1H. The quantitative estimate of drug-likeness (QED) is 0.318. The first kappa shape index (κ1) is 38.1. The molecule has 51 heavy (non-hydrogen) atoms. The van der Waals surface area contributed by atoms with E-state index < -0.39 is 25.6 Å². The number of benzene rings is 3. The van der Waals surface area contributed by atoms with Gasteiger partial charge in [0, 0.05) is 55.7 Å². The number of anilines is 2. The van der Waals surface area contributed by atoms with Gasteiger partial charge in [0.05, 0.1) is 49.6 Å². The third kappa shape index (κ3) is 9.19. The van der Waals surface area contributed by atoms with Crippen LogP contribution in [-0.4, -0.2) is 89.1 Å². The van der Waals surface area contributed by atoms with Crippen molar-refractivity contribution in [2.45, 2.75) is 49.7 Å². The molecule has 2 fully saturated rings. The molecule has 0 bridgehead atoms. The van der Waals surface area contributed by atoms with Gasteiger partial charge >= 0.3 is 0 Å². The van der Waals surface area contributed by atoms with Gasteiger partial charge < -0.3 is 32.1 Å². The molecular formula is C35H41ClN4O9S2. The number of sulfonamides is 2. The third-order valence-corrected chi connectivity index (χ3v) is 10.6. The van der Waals surface area contributed by atoms with Crippen molar-refractivity contribution >= 4 is 48.9 Å². The molecule has 0 radical (unpaired) electrons. The summed E-state index contributed by atoms with van der Waals surface area (Å²) in [7, 11) is -6.78. The fraction of sp³-hybridized carbons (Fsp3) is 0.400. The van der Waals surface area contributed by atoms with Crippen molar-refractivity contribution < 1.29 is 58.4 Å². The number of quaternary nitrogens is 1. The first-order valence-corrected chi connectivity index (χ1v) is 20.2. The molecule has 4 aliphatic heterocycles. The highest BCUT2D eigenvalue weighted by Crippen LogP contribution is 2.41. The Morgan fingerprint density at radius 3 is 1.61 bits per heavy atom. The molecule has 0 unspecified atom stereocenters. The number of nitrogens with zero attached hydrogens (tertiary/aromatic N) is 1. The molecule has 0 aliphatic carbocycles. The SMILES string of the molecule is CS(=O)(=O)Nc1ccc2c(c1)C(=O)CC1(CCN(C(=O)c3ccccc3)CC1)O2.CS(=O)(=O)Nc1ccc2c(c1)C(=O)CC1(CC[NH2+]CC1)O2.[Cl-]. The predicted molar refractivity (Wildman–Crippen MR) is 187 cm³/mol. The molecule has 1 amide bonds. The first-order valence-electron chi connectivity index (χ1n) is 16.5. The van der Waals surface area contributed by atoms with Gasteiger partial charge in [-0.1, -0.05) is 18.2 Å². The van der Waals surface area contributed by atoms with Crippen LogP contribution in [0.2, 0.25) is 0 Å². The third-order valence-electron chi connectivity index (χ3n) is 9.38. The minimum absolute atomic E-state index is 0. The highest BCUT2D eigenvalue weighted by atomic mass is 35.5. The smallest absolute Gasteiger partial charge is 0.253 e. The lowest BCUT2D eigenvalue weighted by molar-refractivity contribution is -0.667. The summed E-state index contributed by atoms with van der Waals surface area (Å²) in [6.07, 6.45) is 5.59. The first-order chi connectivity index (χ1) is 23.6. The van der Waals surface area contributed by atoms with Gasteiger partial charge in [0.1, 0.15) is 22.7 Å². The second-order valence-corrected chi connectivity index (χ2v) is 17.0. The molecule has 0 aromatic heterocycles. The number of Topliss-reactive ketones (excluding diaryl/α,β-unsaturated/α-hetero) is 2. The summed E-state index contributed by atoms with van der Waals surface area (Å²) in [5.74, 6) is 0.955. The Kier molecular flexibility index (Phi) is 11.1. The zero-order chi connectivity index (χ0) is 35.7. The summed E-state index contributed by atoms with van der Waals surface area (Å²) in [6.45, 7) is 2.97. The molecule has 4 heterocycles. The van der Waals surface area contributed by atoms with E-state index in [-0.39, 0.29) is 41.9 Å². The number of amides is 1. The normalized spacial score (nSPS) is 18.8. The van der Waals surface area contributed by atoms with Gasteiger partial charge in [-0.15, -0.1) is 0 Å². The summed E-state index contributed by atoms with van der Waals surface area (Å²) < 4.78 is 62.4. The number of ether oxygens (including phenoxy) is 2. The number of likely N-dealkylation sites (tertiary alicyclic amines) is 1. The summed E-state index contributed by atoms with van der Waals surface area (Å²) in [5.41, 5.74) is 1.23. The lowest BCUT2D eigenvalue weighted by atomic mass is 9.82. The van der Waals surface area contributed by atoms with E-state index in [4.69, 9.17) is 9.47 Å². The Morgan fingerprint density at radius 2 is 1.16 bits per heavy atom. The average Bonchev–Trinajstić information content (AvgIpc) is 3.05. The second-order valence-electron chi connectivity index (χ2n) is 13.5. The van der Waals surface area contributed by atoms with E-state index in [9.17, 15) is 31.2 Å². The molecule has 4 aliphatic rings. The van der Waals surface area contributed by atoms with Crippen LogP contribution in [-0.2, 0) is 20.0 Å². The fourth-order valence-corrected chi connectivity index (χ4v) is 8.09. The maximum atomic E-state index is 12.8. The van der Waals surface area contributed by atoms with E-state index in [0.717, 1.165) is 38.4 Å². The van der Waals surface area contributed by atoms with Crippen molar-refractivity contribution in [3.63, 3.8) is 0 Å². The molecule has 0 saturated carbocycles. The number of hydrogen-bond donors (Lipinski definition) is 3. The molecule has 2 saturated heterocycles. The minimum atomic E-state index is -3.42. The van der Waals surface area contributed by atoms with Crippen LogP contribution in [0, 0.1) is 0 Å². The van der Waals surface area contributed by atoms with Crippen LogP contribution >= 0.6 is 0 Å². The molecule has 3 aromatic rings. The van der Waals surface area contributed by atoms with Crippen molar-refractivity contribution in [1.82, 2.24) is 4.90 Å². The maximum absolute atomic E-state index is 12.8. The van der Waals surface area contributed by atoms with Crippen LogP contribution < -0.4 is 36.6 Å². The second kappa shape index (κ2) is 14.8. The molecule has 4 N–H and O–H groups in total. The average molecular weight is 761 g/mol. The Hall–Kier alpha value is -4.18. The Labute approximate surface area is 304 Å². The zero-order valence-corrected chi connectivity index (χ0v) is 30.7. The molecule has 16 heteroatoms. The van der Waals surface area contributed by atoms with Crippen molar-refractivity contribution in [3.8, 4) is 11.5 Å². The topological polar surface area (TPSA) is 182 Å². The molecule has 2 spiro atoms. The monoisotopic (exact) mass is 760 g/mol. The summed E-state index contributed by atoms with van der Waals surface area (Å²) in [5, 5.41) is 2.23. The van der Waals surface area contributed by atoms with Crippen LogP contribution in [0.5, 0.6) is 11.5 Å². The van der Waals surface area contributed by atoms with Crippen LogP contribution in [0.3, 0.4) is 0 Å². The van der Waals surface area contributed by atoms with Crippen LogP contribution in [0.4, 0.5) is 11.4 Å². The van der Waals surface area contributed by atoms with Gasteiger partial charge in [-0.05, 0) is 48.5 Å².